The summed E-state index contributed by atoms with van der Waals surface area (Å²) in [6, 6.07) is 18.9. The van der Waals surface area contributed by atoms with Crippen LogP contribution in [0, 0.1) is 5.82 Å². The summed E-state index contributed by atoms with van der Waals surface area (Å²) in [6.45, 7) is 6.58. The van der Waals surface area contributed by atoms with Gasteiger partial charge < -0.3 is 9.80 Å². The van der Waals surface area contributed by atoms with Gasteiger partial charge in [-0.15, -0.1) is 0 Å². The second-order valence-corrected chi connectivity index (χ2v) is 11.6. The molecular formula is C33H38FN5. The number of anilines is 1. The molecule has 1 atom stereocenters. The van der Waals surface area contributed by atoms with Crippen LogP contribution in [0.15, 0.2) is 54.6 Å². The fourth-order valence-corrected chi connectivity index (χ4v) is 6.99. The van der Waals surface area contributed by atoms with E-state index >= 15 is 4.39 Å². The molecule has 3 aliphatic rings. The number of hydrogen-bond acceptors (Lipinski definition) is 5. The number of unbranched alkanes of at least 4 members (excludes halogenated alkanes) is 1. The Balaban J connectivity index is 1.24. The van der Waals surface area contributed by atoms with Gasteiger partial charge in [0.25, 0.3) is 0 Å². The second-order valence-electron chi connectivity index (χ2n) is 11.6. The maximum atomic E-state index is 16.5. The Hall–Kier alpha value is -3.09. The van der Waals surface area contributed by atoms with Gasteiger partial charge in [0.15, 0.2) is 5.82 Å². The summed E-state index contributed by atoms with van der Waals surface area (Å²) in [4.78, 5) is 17.5. The molecule has 0 radical (unpaired) electrons. The van der Waals surface area contributed by atoms with Gasteiger partial charge in [-0.05, 0) is 80.6 Å². The summed E-state index contributed by atoms with van der Waals surface area (Å²) in [6.07, 6.45) is 9.47. The third-order valence-electron chi connectivity index (χ3n) is 9.07. The number of fused-ring (bicyclic) bond motifs is 3. The van der Waals surface area contributed by atoms with E-state index in [4.69, 9.17) is 9.97 Å². The first-order valence-corrected chi connectivity index (χ1v) is 14.9. The van der Waals surface area contributed by atoms with Crippen molar-refractivity contribution in [1.29, 1.82) is 0 Å². The van der Waals surface area contributed by atoms with Crippen LogP contribution in [0.4, 0.5) is 10.2 Å². The number of halogens is 1. The molecule has 4 heterocycles. The first-order chi connectivity index (χ1) is 19.2. The van der Waals surface area contributed by atoms with Gasteiger partial charge in [0.2, 0.25) is 0 Å². The van der Waals surface area contributed by atoms with Crippen molar-refractivity contribution in [3.63, 3.8) is 0 Å². The maximum Gasteiger partial charge on any atom is 0.157 e. The number of benzene rings is 3. The molecule has 0 N–H and O–H groups in total. The van der Waals surface area contributed by atoms with E-state index in [2.05, 4.69) is 39.0 Å². The van der Waals surface area contributed by atoms with E-state index in [9.17, 15) is 0 Å². The maximum absolute atomic E-state index is 16.5. The van der Waals surface area contributed by atoms with E-state index in [1.165, 1.54) is 45.2 Å². The van der Waals surface area contributed by atoms with E-state index in [0.29, 0.717) is 17.1 Å². The molecule has 6 heteroatoms. The number of hydrogen-bond donors (Lipinski definition) is 0. The summed E-state index contributed by atoms with van der Waals surface area (Å²) in [7, 11) is 0. The fraction of sp³-hybridized carbons (Fsp3) is 0.455. The van der Waals surface area contributed by atoms with Crippen molar-refractivity contribution in [2.75, 3.05) is 44.3 Å². The third kappa shape index (κ3) is 4.89. The first kappa shape index (κ1) is 24.9. The molecule has 3 aliphatic heterocycles. The van der Waals surface area contributed by atoms with Crippen molar-refractivity contribution in [2.24, 2.45) is 0 Å². The zero-order valence-corrected chi connectivity index (χ0v) is 22.8. The van der Waals surface area contributed by atoms with Crippen LogP contribution in [0.2, 0.25) is 0 Å². The summed E-state index contributed by atoms with van der Waals surface area (Å²) in [5.74, 6) is 1.45. The zero-order valence-electron chi connectivity index (χ0n) is 22.8. The molecule has 1 aromatic heterocycles. The van der Waals surface area contributed by atoms with Crippen molar-refractivity contribution in [3.8, 4) is 11.1 Å². The molecule has 0 bridgehead atoms. The van der Waals surface area contributed by atoms with Crippen LogP contribution >= 0.6 is 0 Å². The van der Waals surface area contributed by atoms with Gasteiger partial charge in [-0.1, -0.05) is 55.0 Å². The van der Waals surface area contributed by atoms with Crippen molar-refractivity contribution >= 4 is 27.5 Å². The first-order valence-electron chi connectivity index (χ1n) is 14.9. The minimum absolute atomic E-state index is 0.234. The lowest BCUT2D eigenvalue weighted by molar-refractivity contribution is 0.225. The summed E-state index contributed by atoms with van der Waals surface area (Å²) in [5, 5.41) is 3.00. The third-order valence-corrected chi connectivity index (χ3v) is 9.07. The Bertz CT molecular complexity index is 1460. The fourth-order valence-electron chi connectivity index (χ4n) is 6.99. The number of rotatable bonds is 7. The smallest absolute Gasteiger partial charge is 0.157 e. The number of nitrogens with zero attached hydrogens (tertiary/aromatic N) is 5. The number of piperidine rings is 1. The highest BCUT2D eigenvalue weighted by Gasteiger charge is 2.35. The molecule has 0 aliphatic carbocycles. The topological polar surface area (TPSA) is 35.5 Å². The number of aryl methyl sites for hydroxylation is 1. The van der Waals surface area contributed by atoms with Crippen LogP contribution < -0.4 is 4.90 Å². The molecule has 3 saturated heterocycles. The molecule has 39 heavy (non-hydrogen) atoms. The lowest BCUT2D eigenvalue weighted by atomic mass is 9.97. The summed E-state index contributed by atoms with van der Waals surface area (Å²) in [5.41, 5.74) is 1.99. The Kier molecular flexibility index (Phi) is 6.91. The van der Waals surface area contributed by atoms with Crippen molar-refractivity contribution in [3.05, 3.63) is 66.2 Å². The molecule has 4 aromatic rings. The van der Waals surface area contributed by atoms with E-state index in [-0.39, 0.29) is 5.82 Å². The van der Waals surface area contributed by atoms with Gasteiger partial charge >= 0.3 is 0 Å². The van der Waals surface area contributed by atoms with Crippen LogP contribution in [0.3, 0.4) is 0 Å². The molecule has 7 rings (SSSR count). The summed E-state index contributed by atoms with van der Waals surface area (Å²) < 4.78 is 16.5. The summed E-state index contributed by atoms with van der Waals surface area (Å²) >= 11 is 0. The monoisotopic (exact) mass is 523 g/mol. The largest absolute Gasteiger partial charge is 0.341 e. The SMILES string of the molecule is Fc1c(-c2cccc3ccccc23)ccc2c(N3CC4CCCN4C3)nc(CCCCN3CCCCC3)nc12. The quantitative estimate of drug-likeness (QED) is 0.254. The van der Waals surface area contributed by atoms with Crippen molar-refractivity contribution in [1.82, 2.24) is 19.8 Å². The lowest BCUT2D eigenvalue weighted by Gasteiger charge is -2.26. The number of likely N-dealkylation sites (tertiary alicyclic amines) is 1. The van der Waals surface area contributed by atoms with Crippen LogP contribution in [-0.2, 0) is 6.42 Å². The molecule has 202 valence electrons. The molecule has 0 amide bonds. The minimum Gasteiger partial charge on any atom is -0.341 e. The Labute approximate surface area is 230 Å². The normalized spacial score (nSPS) is 20.3. The molecule has 0 spiro atoms. The molecule has 3 aromatic carbocycles. The molecule has 1 unspecified atom stereocenters. The van der Waals surface area contributed by atoms with Gasteiger partial charge in [0.05, 0.1) is 6.67 Å². The van der Waals surface area contributed by atoms with Gasteiger partial charge in [0.1, 0.15) is 17.2 Å². The number of aromatic nitrogens is 2. The van der Waals surface area contributed by atoms with Gasteiger partial charge in [-0.25, -0.2) is 14.4 Å². The van der Waals surface area contributed by atoms with Crippen LogP contribution in [0.5, 0.6) is 0 Å². The highest BCUT2D eigenvalue weighted by molar-refractivity contribution is 6.00. The zero-order chi connectivity index (χ0) is 26.2. The van der Waals surface area contributed by atoms with E-state index in [1.54, 1.807) is 0 Å². The van der Waals surface area contributed by atoms with Crippen LogP contribution in [0.1, 0.15) is 50.8 Å². The van der Waals surface area contributed by atoms with Gasteiger partial charge in [-0.2, -0.15) is 0 Å². The van der Waals surface area contributed by atoms with Crippen molar-refractivity contribution < 1.29 is 4.39 Å². The van der Waals surface area contributed by atoms with Gasteiger partial charge in [0, 0.05) is 36.5 Å². The molecule has 3 fully saturated rings. The predicted octanol–water partition coefficient (Wildman–Crippen LogP) is 6.64. The molecule has 0 saturated carbocycles. The molecule has 5 nitrogen and oxygen atoms in total. The van der Waals surface area contributed by atoms with E-state index < -0.39 is 0 Å². The molecular weight excluding hydrogens is 485 g/mol. The van der Waals surface area contributed by atoms with E-state index in [1.807, 2.05) is 30.3 Å². The van der Waals surface area contributed by atoms with Crippen LogP contribution in [0.25, 0.3) is 32.8 Å². The van der Waals surface area contributed by atoms with Crippen molar-refractivity contribution in [2.45, 2.75) is 57.4 Å². The lowest BCUT2D eigenvalue weighted by Crippen LogP contribution is -2.30. The van der Waals surface area contributed by atoms with Gasteiger partial charge in [-0.3, -0.25) is 4.90 Å². The standard InChI is InChI=1S/C33H38FN5/c34-31-28(27-14-8-11-24-10-2-3-13-26(24)27)16-17-29-32(31)35-30(15-4-7-20-37-18-5-1-6-19-37)36-33(29)39-22-25-12-9-21-38(25)23-39/h2-3,8,10-11,13-14,16-17,25H,1,4-7,9,12,15,18-23H2. The minimum atomic E-state index is -0.234. The average molecular weight is 524 g/mol. The Morgan fingerprint density at radius 3 is 2.56 bits per heavy atom. The Morgan fingerprint density at radius 1 is 0.795 bits per heavy atom. The highest BCUT2D eigenvalue weighted by atomic mass is 19.1. The van der Waals surface area contributed by atoms with Crippen LogP contribution in [-0.4, -0.2) is 65.2 Å². The highest BCUT2D eigenvalue weighted by Crippen LogP contribution is 2.37. The average Bonchev–Trinajstić information content (AvgIpc) is 3.59. The predicted molar refractivity (Wildman–Crippen MR) is 158 cm³/mol. The Morgan fingerprint density at radius 2 is 1.67 bits per heavy atom. The van der Waals surface area contributed by atoms with E-state index in [0.717, 1.165) is 78.9 Å². The second kappa shape index (κ2) is 10.8.